The normalized spacial score (nSPS) is 23.6. The lowest BCUT2D eigenvalue weighted by molar-refractivity contribution is -0.136. The summed E-state index contributed by atoms with van der Waals surface area (Å²) in [6, 6.07) is 14.5. The Hall–Kier alpha value is -3.43. The maximum atomic E-state index is 13.0. The molecule has 0 saturated carbocycles. The fourth-order valence-electron chi connectivity index (χ4n) is 7.04. The van der Waals surface area contributed by atoms with Crippen LogP contribution in [-0.4, -0.2) is 90.4 Å². The van der Waals surface area contributed by atoms with Crippen LogP contribution in [0.15, 0.2) is 42.5 Å². The molecule has 6 rings (SSSR count). The molecule has 230 valence electrons. The molecule has 3 amide bonds. The molecule has 2 atom stereocenters. The van der Waals surface area contributed by atoms with Gasteiger partial charge in [-0.1, -0.05) is 32.4 Å². The third-order valence-corrected chi connectivity index (χ3v) is 9.37. The highest BCUT2D eigenvalue weighted by molar-refractivity contribution is 6.05. The first-order valence-corrected chi connectivity index (χ1v) is 16.0. The number of rotatable bonds is 9. The summed E-state index contributed by atoms with van der Waals surface area (Å²) in [6.45, 7) is 13.1. The molecule has 2 aromatic rings. The second-order valence-electron chi connectivity index (χ2n) is 13.0. The van der Waals surface area contributed by atoms with Gasteiger partial charge in [0.2, 0.25) is 11.8 Å². The minimum absolute atomic E-state index is 0.158. The van der Waals surface area contributed by atoms with Crippen LogP contribution in [0.4, 0.5) is 5.69 Å². The molecule has 3 fully saturated rings. The van der Waals surface area contributed by atoms with Crippen LogP contribution in [0.1, 0.15) is 67.4 Å². The van der Waals surface area contributed by atoms with Gasteiger partial charge in [0.15, 0.2) is 0 Å². The van der Waals surface area contributed by atoms with E-state index >= 15 is 0 Å². The Morgan fingerprint density at radius 3 is 2.47 bits per heavy atom. The zero-order valence-corrected chi connectivity index (χ0v) is 25.6. The average Bonchev–Trinajstić information content (AvgIpc) is 3.32. The number of ether oxygens (including phenoxy) is 1. The van der Waals surface area contributed by atoms with Gasteiger partial charge in [-0.2, -0.15) is 0 Å². The summed E-state index contributed by atoms with van der Waals surface area (Å²) >= 11 is 0. The molecule has 4 aliphatic heterocycles. The van der Waals surface area contributed by atoms with Crippen molar-refractivity contribution >= 4 is 23.4 Å². The van der Waals surface area contributed by atoms with Gasteiger partial charge in [0.05, 0.1) is 0 Å². The number of hydrogen-bond donors (Lipinski definition) is 1. The molecule has 0 radical (unpaired) electrons. The lowest BCUT2D eigenvalue weighted by Gasteiger charge is -2.37. The van der Waals surface area contributed by atoms with E-state index in [2.05, 4.69) is 58.1 Å². The Morgan fingerprint density at radius 1 is 0.930 bits per heavy atom. The number of nitrogens with one attached hydrogen (secondary N) is 1. The molecule has 0 spiro atoms. The molecule has 2 unspecified atom stereocenters. The van der Waals surface area contributed by atoms with Gasteiger partial charge in [0, 0.05) is 69.5 Å². The minimum atomic E-state index is -0.605. The van der Waals surface area contributed by atoms with Crippen LogP contribution in [0.3, 0.4) is 0 Å². The third kappa shape index (κ3) is 6.88. The van der Waals surface area contributed by atoms with Crippen molar-refractivity contribution < 1.29 is 19.1 Å². The Labute approximate surface area is 255 Å². The fourth-order valence-corrected chi connectivity index (χ4v) is 7.04. The van der Waals surface area contributed by atoms with Crippen LogP contribution in [0, 0.1) is 5.92 Å². The summed E-state index contributed by atoms with van der Waals surface area (Å²) in [5.41, 5.74) is 4.13. The lowest BCUT2D eigenvalue weighted by Crippen LogP contribution is -2.52. The quantitative estimate of drug-likeness (QED) is 0.449. The van der Waals surface area contributed by atoms with Crippen LogP contribution in [0.2, 0.25) is 0 Å². The number of piperidine rings is 2. The molecule has 0 aromatic heterocycles. The number of hydrogen-bond acceptors (Lipinski definition) is 7. The van der Waals surface area contributed by atoms with Gasteiger partial charge in [0.25, 0.3) is 5.91 Å². The molecular formula is C34H45N5O4. The number of likely N-dealkylation sites (tertiary alicyclic amines) is 1. The van der Waals surface area contributed by atoms with E-state index in [0.717, 1.165) is 57.0 Å². The SMILES string of the molecule is CC(C)CN1CCN(c2ccc(CN3CCCCC3COc3ccc4c(c3)CN(C3CCC(=O)NC3=O)C4=O)cc2)CC1. The Kier molecular flexibility index (Phi) is 9.00. The van der Waals surface area contributed by atoms with Crippen molar-refractivity contribution in [2.75, 3.05) is 50.8 Å². The second kappa shape index (κ2) is 13.1. The maximum Gasteiger partial charge on any atom is 0.255 e. The van der Waals surface area contributed by atoms with Crippen molar-refractivity contribution in [2.24, 2.45) is 5.92 Å². The molecule has 9 heteroatoms. The fraction of sp³-hybridized carbons (Fsp3) is 0.559. The number of amides is 3. The van der Waals surface area contributed by atoms with Crippen molar-refractivity contribution in [1.29, 1.82) is 0 Å². The summed E-state index contributed by atoms with van der Waals surface area (Å²) in [5.74, 6) is 0.641. The van der Waals surface area contributed by atoms with Gasteiger partial charge in [0.1, 0.15) is 18.4 Å². The van der Waals surface area contributed by atoms with Gasteiger partial charge in [-0.25, -0.2) is 0 Å². The zero-order valence-electron chi connectivity index (χ0n) is 25.6. The second-order valence-corrected chi connectivity index (χ2v) is 13.0. The highest BCUT2D eigenvalue weighted by atomic mass is 16.5. The monoisotopic (exact) mass is 587 g/mol. The van der Waals surface area contributed by atoms with Crippen LogP contribution in [0.25, 0.3) is 0 Å². The number of nitrogens with zero attached hydrogens (tertiary/aromatic N) is 4. The molecule has 0 aliphatic carbocycles. The summed E-state index contributed by atoms with van der Waals surface area (Å²) in [4.78, 5) is 46.2. The van der Waals surface area contributed by atoms with E-state index in [1.165, 1.54) is 30.6 Å². The van der Waals surface area contributed by atoms with Crippen molar-refractivity contribution in [1.82, 2.24) is 20.0 Å². The summed E-state index contributed by atoms with van der Waals surface area (Å²) < 4.78 is 6.31. The number of piperazine rings is 1. The van der Waals surface area contributed by atoms with E-state index in [0.29, 0.717) is 37.1 Å². The standard InChI is InChI=1S/C34H45N5O4/c1-24(2)20-36-15-17-37(18-16-36)27-8-6-25(7-9-27)21-38-14-4-3-5-28(38)23-43-29-10-11-30-26(19-29)22-39(34(30)42)31-12-13-32(40)35-33(31)41/h6-11,19,24,28,31H,3-5,12-18,20-23H2,1-2H3,(H,35,40,41). The molecule has 9 nitrogen and oxygen atoms in total. The number of fused-ring (bicyclic) bond motifs is 1. The molecule has 4 heterocycles. The number of anilines is 1. The Morgan fingerprint density at radius 2 is 1.72 bits per heavy atom. The predicted molar refractivity (Wildman–Crippen MR) is 166 cm³/mol. The molecule has 43 heavy (non-hydrogen) atoms. The van der Waals surface area contributed by atoms with Crippen LogP contribution >= 0.6 is 0 Å². The van der Waals surface area contributed by atoms with E-state index in [-0.39, 0.29) is 24.1 Å². The van der Waals surface area contributed by atoms with Gasteiger partial charge < -0.3 is 14.5 Å². The van der Waals surface area contributed by atoms with Crippen LogP contribution < -0.4 is 15.0 Å². The van der Waals surface area contributed by atoms with E-state index in [1.54, 1.807) is 4.90 Å². The third-order valence-electron chi connectivity index (χ3n) is 9.37. The predicted octanol–water partition coefficient (Wildman–Crippen LogP) is 3.66. The first kappa shape index (κ1) is 29.6. The molecule has 4 aliphatic rings. The topological polar surface area (TPSA) is 85.4 Å². The van der Waals surface area contributed by atoms with E-state index in [4.69, 9.17) is 4.74 Å². The molecule has 1 N–H and O–H groups in total. The minimum Gasteiger partial charge on any atom is -0.492 e. The molecule has 3 saturated heterocycles. The summed E-state index contributed by atoms with van der Waals surface area (Å²) in [5, 5.41) is 2.36. The molecular weight excluding hydrogens is 542 g/mol. The van der Waals surface area contributed by atoms with E-state index in [9.17, 15) is 14.4 Å². The Bertz CT molecular complexity index is 1320. The van der Waals surface area contributed by atoms with E-state index < -0.39 is 6.04 Å². The smallest absolute Gasteiger partial charge is 0.255 e. The first-order chi connectivity index (χ1) is 20.8. The number of imide groups is 1. The van der Waals surface area contributed by atoms with Crippen LogP contribution in [-0.2, 0) is 22.7 Å². The summed E-state index contributed by atoms with van der Waals surface area (Å²) in [7, 11) is 0. The highest BCUT2D eigenvalue weighted by Crippen LogP contribution is 2.31. The lowest BCUT2D eigenvalue weighted by atomic mass is 10.0. The van der Waals surface area contributed by atoms with Crippen molar-refractivity contribution in [2.45, 2.75) is 71.1 Å². The van der Waals surface area contributed by atoms with Crippen LogP contribution in [0.5, 0.6) is 5.75 Å². The zero-order chi connectivity index (χ0) is 29.9. The number of benzene rings is 2. The maximum absolute atomic E-state index is 13.0. The van der Waals surface area contributed by atoms with E-state index in [1.807, 2.05) is 18.2 Å². The van der Waals surface area contributed by atoms with Gasteiger partial charge in [-0.3, -0.25) is 29.5 Å². The highest BCUT2D eigenvalue weighted by Gasteiger charge is 2.39. The van der Waals surface area contributed by atoms with Crippen molar-refractivity contribution in [3.05, 3.63) is 59.2 Å². The van der Waals surface area contributed by atoms with Crippen molar-refractivity contribution in [3.8, 4) is 5.75 Å². The Balaban J connectivity index is 1.02. The van der Waals surface area contributed by atoms with Crippen molar-refractivity contribution in [3.63, 3.8) is 0 Å². The van der Waals surface area contributed by atoms with Gasteiger partial charge in [-0.05, 0) is 73.2 Å². The first-order valence-electron chi connectivity index (χ1n) is 16.0. The molecule has 0 bridgehead atoms. The van der Waals surface area contributed by atoms with Gasteiger partial charge >= 0.3 is 0 Å². The summed E-state index contributed by atoms with van der Waals surface area (Å²) in [6.07, 6.45) is 4.12. The average molecular weight is 588 g/mol. The largest absolute Gasteiger partial charge is 0.492 e. The van der Waals surface area contributed by atoms with Gasteiger partial charge in [-0.15, -0.1) is 0 Å². The molecule has 2 aromatic carbocycles. The number of carbonyl (C=O) groups excluding carboxylic acids is 3. The number of carbonyl (C=O) groups is 3.